The molecule has 0 N–H and O–H groups in total. The predicted octanol–water partition coefficient (Wildman–Crippen LogP) is 5.44. The second-order valence-corrected chi connectivity index (χ2v) is 7.51. The van der Waals surface area contributed by atoms with E-state index in [0.29, 0.717) is 6.61 Å². The molecule has 4 heteroatoms. The van der Waals surface area contributed by atoms with Gasteiger partial charge in [0.1, 0.15) is 0 Å². The monoisotopic (exact) mass is 409 g/mol. The van der Waals surface area contributed by atoms with Gasteiger partial charge in [-0.15, -0.1) is 0 Å². The minimum Gasteiger partial charge on any atom is -0.366 e. The quantitative estimate of drug-likeness (QED) is 0.350. The number of pyridine rings is 2. The van der Waals surface area contributed by atoms with Gasteiger partial charge in [0.2, 0.25) is 0 Å². The summed E-state index contributed by atoms with van der Waals surface area (Å²) in [6.07, 6.45) is 3.58. The third kappa shape index (κ3) is 6.57. The van der Waals surface area contributed by atoms with Crippen LogP contribution < -0.4 is 0 Å². The summed E-state index contributed by atoms with van der Waals surface area (Å²) in [6.45, 7) is 2.81. The van der Waals surface area contributed by atoms with Crippen molar-refractivity contribution in [2.45, 2.75) is 25.8 Å². The lowest BCUT2D eigenvalue weighted by molar-refractivity contribution is 0.00833. The number of hydrogen-bond acceptors (Lipinski definition) is 4. The van der Waals surface area contributed by atoms with Crippen molar-refractivity contribution in [3.8, 4) is 0 Å². The van der Waals surface area contributed by atoms with Crippen LogP contribution in [0, 0.1) is 0 Å². The Kier molecular flexibility index (Phi) is 7.53. The molecule has 31 heavy (non-hydrogen) atoms. The molecule has 2 aromatic heterocycles. The zero-order valence-corrected chi connectivity index (χ0v) is 17.5. The fourth-order valence-corrected chi connectivity index (χ4v) is 3.57. The minimum absolute atomic E-state index is 0.0735. The zero-order chi connectivity index (χ0) is 21.1. The molecule has 4 nitrogen and oxygen atoms in total. The third-order valence-electron chi connectivity index (χ3n) is 5.11. The van der Waals surface area contributed by atoms with Gasteiger partial charge >= 0.3 is 0 Å². The number of hydrogen-bond donors (Lipinski definition) is 0. The molecule has 4 rings (SSSR count). The highest BCUT2D eigenvalue weighted by molar-refractivity contribution is 5.19. The molecule has 0 saturated carbocycles. The van der Waals surface area contributed by atoms with Crippen LogP contribution in [0.4, 0.5) is 0 Å². The normalized spacial score (nSPS) is 12.0. The van der Waals surface area contributed by atoms with Gasteiger partial charge in [-0.2, -0.15) is 0 Å². The summed E-state index contributed by atoms with van der Waals surface area (Å²) < 4.78 is 6.40. The van der Waals surface area contributed by atoms with Crippen LogP contribution in [0.2, 0.25) is 0 Å². The molecule has 2 heterocycles. The van der Waals surface area contributed by atoms with E-state index in [2.05, 4.69) is 75.5 Å². The van der Waals surface area contributed by atoms with E-state index in [4.69, 9.17) is 4.74 Å². The van der Waals surface area contributed by atoms with Crippen molar-refractivity contribution in [3.63, 3.8) is 0 Å². The summed E-state index contributed by atoms with van der Waals surface area (Å²) in [6, 6.07) is 32.9. The van der Waals surface area contributed by atoms with E-state index < -0.39 is 0 Å². The zero-order valence-electron chi connectivity index (χ0n) is 17.5. The first kappa shape index (κ1) is 20.9. The Morgan fingerprint density at radius 3 is 1.90 bits per heavy atom. The van der Waals surface area contributed by atoms with Crippen molar-refractivity contribution >= 4 is 0 Å². The summed E-state index contributed by atoms with van der Waals surface area (Å²) >= 11 is 0. The first-order chi connectivity index (χ1) is 15.4. The van der Waals surface area contributed by atoms with E-state index in [0.717, 1.165) is 36.6 Å². The number of aromatic nitrogens is 2. The largest absolute Gasteiger partial charge is 0.366 e. The maximum absolute atomic E-state index is 6.40. The van der Waals surface area contributed by atoms with Crippen molar-refractivity contribution in [2.75, 3.05) is 6.54 Å². The van der Waals surface area contributed by atoms with Gasteiger partial charge in [-0.3, -0.25) is 14.9 Å². The Morgan fingerprint density at radius 1 is 0.645 bits per heavy atom. The highest BCUT2D eigenvalue weighted by Crippen LogP contribution is 2.22. The number of benzene rings is 2. The van der Waals surface area contributed by atoms with Gasteiger partial charge in [0, 0.05) is 32.0 Å². The van der Waals surface area contributed by atoms with Crippen LogP contribution in [0.15, 0.2) is 109 Å². The molecule has 0 saturated heterocycles. The Labute approximate surface area is 184 Å². The summed E-state index contributed by atoms with van der Waals surface area (Å²) in [5.74, 6) is 0. The molecule has 0 fully saturated rings. The van der Waals surface area contributed by atoms with Crippen LogP contribution in [-0.2, 0) is 24.4 Å². The Morgan fingerprint density at radius 2 is 1.26 bits per heavy atom. The average Bonchev–Trinajstić information content (AvgIpc) is 2.84. The molecule has 0 radical (unpaired) electrons. The molecule has 156 valence electrons. The van der Waals surface area contributed by atoms with E-state index in [1.165, 1.54) is 5.56 Å². The molecule has 0 spiro atoms. The van der Waals surface area contributed by atoms with Crippen LogP contribution >= 0.6 is 0 Å². The molecule has 2 aromatic carbocycles. The molecule has 0 aliphatic rings. The standard InChI is InChI=1S/C27H27N3O/c1-3-11-23(12-4-1)19-30(20-25-15-7-9-17-28-25)21-27(24-13-5-2-6-14-24)31-22-26-16-8-10-18-29-26/h1-18,27H,19-22H2/t27-/m1/s1. The Balaban J connectivity index is 1.54. The molecule has 0 aliphatic heterocycles. The van der Waals surface area contributed by atoms with Gasteiger partial charge in [0.05, 0.1) is 24.1 Å². The third-order valence-corrected chi connectivity index (χ3v) is 5.11. The van der Waals surface area contributed by atoms with Crippen molar-refractivity contribution < 1.29 is 4.74 Å². The van der Waals surface area contributed by atoms with Crippen LogP contribution in [0.3, 0.4) is 0 Å². The topological polar surface area (TPSA) is 38.2 Å². The predicted molar refractivity (Wildman–Crippen MR) is 123 cm³/mol. The molecule has 0 amide bonds. The van der Waals surface area contributed by atoms with Crippen LogP contribution in [0.25, 0.3) is 0 Å². The number of rotatable bonds is 10. The molecule has 0 aliphatic carbocycles. The van der Waals surface area contributed by atoms with Crippen molar-refractivity contribution in [2.24, 2.45) is 0 Å². The second kappa shape index (κ2) is 11.2. The fraction of sp³-hybridized carbons (Fsp3) is 0.185. The Bertz CT molecular complexity index is 970. The molecule has 4 aromatic rings. The Hall–Kier alpha value is -3.34. The molecule has 1 atom stereocenters. The molecular formula is C27H27N3O. The summed E-state index contributed by atoms with van der Waals surface area (Å²) in [7, 11) is 0. The van der Waals surface area contributed by atoms with Gasteiger partial charge in [0.25, 0.3) is 0 Å². The number of nitrogens with zero attached hydrogens (tertiary/aromatic N) is 3. The summed E-state index contributed by atoms with van der Waals surface area (Å²) in [4.78, 5) is 11.3. The van der Waals surface area contributed by atoms with E-state index in [1.54, 1.807) is 6.20 Å². The van der Waals surface area contributed by atoms with Gasteiger partial charge in [-0.05, 0) is 35.4 Å². The lowest BCUT2D eigenvalue weighted by Gasteiger charge is -2.28. The first-order valence-corrected chi connectivity index (χ1v) is 10.6. The van der Waals surface area contributed by atoms with E-state index in [9.17, 15) is 0 Å². The van der Waals surface area contributed by atoms with Crippen LogP contribution in [-0.4, -0.2) is 21.4 Å². The lowest BCUT2D eigenvalue weighted by atomic mass is 10.1. The van der Waals surface area contributed by atoms with Crippen molar-refractivity contribution in [1.29, 1.82) is 0 Å². The van der Waals surface area contributed by atoms with Gasteiger partial charge in [-0.25, -0.2) is 0 Å². The number of ether oxygens (including phenoxy) is 1. The highest BCUT2D eigenvalue weighted by atomic mass is 16.5. The van der Waals surface area contributed by atoms with E-state index >= 15 is 0 Å². The first-order valence-electron chi connectivity index (χ1n) is 10.6. The summed E-state index contributed by atoms with van der Waals surface area (Å²) in [5, 5.41) is 0. The molecule has 0 unspecified atom stereocenters. The van der Waals surface area contributed by atoms with Gasteiger partial charge < -0.3 is 4.74 Å². The van der Waals surface area contributed by atoms with Crippen LogP contribution in [0.1, 0.15) is 28.6 Å². The summed E-state index contributed by atoms with van der Waals surface area (Å²) in [5.41, 5.74) is 4.42. The maximum atomic E-state index is 6.40. The average molecular weight is 410 g/mol. The van der Waals surface area contributed by atoms with Crippen LogP contribution in [0.5, 0.6) is 0 Å². The molecular weight excluding hydrogens is 382 g/mol. The fourth-order valence-electron chi connectivity index (χ4n) is 3.57. The van der Waals surface area contributed by atoms with E-state index in [1.807, 2.05) is 42.6 Å². The minimum atomic E-state index is -0.0735. The van der Waals surface area contributed by atoms with Crippen molar-refractivity contribution in [3.05, 3.63) is 132 Å². The smallest absolute Gasteiger partial charge is 0.0957 e. The lowest BCUT2D eigenvalue weighted by Crippen LogP contribution is -2.29. The SMILES string of the molecule is c1ccc(CN(Cc2ccccn2)C[C@@H](OCc2ccccn2)c2ccccc2)cc1. The van der Waals surface area contributed by atoms with Gasteiger partial charge in [0.15, 0.2) is 0 Å². The second-order valence-electron chi connectivity index (χ2n) is 7.51. The van der Waals surface area contributed by atoms with Gasteiger partial charge in [-0.1, -0.05) is 72.8 Å². The van der Waals surface area contributed by atoms with Crippen molar-refractivity contribution in [1.82, 2.24) is 14.9 Å². The highest BCUT2D eigenvalue weighted by Gasteiger charge is 2.18. The molecule has 0 bridgehead atoms. The maximum Gasteiger partial charge on any atom is 0.0957 e. The van der Waals surface area contributed by atoms with E-state index in [-0.39, 0.29) is 6.10 Å².